The van der Waals surface area contributed by atoms with Gasteiger partial charge in [-0.2, -0.15) is 0 Å². The third-order valence-corrected chi connectivity index (χ3v) is 3.63. The average molecular weight is 248 g/mol. The molecule has 1 atom stereocenters. The Morgan fingerprint density at radius 3 is 2.71 bits per heavy atom. The number of anilines is 1. The van der Waals surface area contributed by atoms with Gasteiger partial charge in [0.05, 0.1) is 0 Å². The maximum absolute atomic E-state index is 6.07. The van der Waals surface area contributed by atoms with Crippen molar-refractivity contribution in [3.8, 4) is 0 Å². The first-order chi connectivity index (χ1) is 8.25. The molecule has 0 radical (unpaired) electrons. The highest BCUT2D eigenvalue weighted by Gasteiger charge is 2.22. The van der Waals surface area contributed by atoms with E-state index in [2.05, 4.69) is 28.1 Å². The largest absolute Gasteiger partial charge is 0.354 e. The minimum atomic E-state index is 0.483. The lowest BCUT2D eigenvalue weighted by Crippen LogP contribution is -2.21. The minimum Gasteiger partial charge on any atom is -0.354 e. The summed E-state index contributed by atoms with van der Waals surface area (Å²) in [5.74, 6) is 1.69. The molecule has 2 heterocycles. The molecule has 4 heteroatoms. The Morgan fingerprint density at radius 2 is 2.00 bits per heavy atom. The van der Waals surface area contributed by atoms with Gasteiger partial charge in [-0.05, 0) is 12.3 Å². The topological polar surface area (TPSA) is 29.0 Å². The van der Waals surface area contributed by atoms with Crippen LogP contribution in [0.25, 0.3) is 10.8 Å². The summed E-state index contributed by atoms with van der Waals surface area (Å²) in [7, 11) is 0. The average Bonchev–Trinajstić information content (AvgIpc) is 2.77. The quantitative estimate of drug-likeness (QED) is 0.775. The van der Waals surface area contributed by atoms with Crippen LogP contribution in [0.1, 0.15) is 13.3 Å². The van der Waals surface area contributed by atoms with E-state index < -0.39 is 0 Å². The maximum Gasteiger partial charge on any atom is 0.159 e. The lowest BCUT2D eigenvalue weighted by atomic mass is 10.2. The van der Waals surface area contributed by atoms with E-state index in [1.54, 1.807) is 0 Å². The van der Waals surface area contributed by atoms with Crippen molar-refractivity contribution >= 4 is 28.2 Å². The fraction of sp³-hybridized carbons (Fsp3) is 0.385. The predicted molar refractivity (Wildman–Crippen MR) is 70.5 cm³/mol. The fourth-order valence-electron chi connectivity index (χ4n) is 2.42. The molecular formula is C13H14ClN3. The Balaban J connectivity index is 2.14. The van der Waals surface area contributed by atoms with Gasteiger partial charge >= 0.3 is 0 Å². The zero-order valence-electron chi connectivity index (χ0n) is 9.73. The summed E-state index contributed by atoms with van der Waals surface area (Å²) in [6, 6.07) is 8.05. The number of halogens is 1. The van der Waals surface area contributed by atoms with Crippen LogP contribution in [0.2, 0.25) is 5.15 Å². The molecule has 1 aromatic carbocycles. The molecule has 1 unspecified atom stereocenters. The van der Waals surface area contributed by atoms with E-state index in [1.807, 2.05) is 18.2 Å². The summed E-state index contributed by atoms with van der Waals surface area (Å²) in [4.78, 5) is 2.30. The van der Waals surface area contributed by atoms with Gasteiger partial charge in [0.25, 0.3) is 0 Å². The highest BCUT2D eigenvalue weighted by Crippen LogP contribution is 2.30. The van der Waals surface area contributed by atoms with Gasteiger partial charge in [-0.15, -0.1) is 10.2 Å². The van der Waals surface area contributed by atoms with Crippen molar-refractivity contribution < 1.29 is 0 Å². The molecule has 1 fully saturated rings. The van der Waals surface area contributed by atoms with Gasteiger partial charge in [0.15, 0.2) is 11.0 Å². The van der Waals surface area contributed by atoms with Crippen molar-refractivity contribution in [3.63, 3.8) is 0 Å². The van der Waals surface area contributed by atoms with Gasteiger partial charge in [0.1, 0.15) is 0 Å². The third-order valence-electron chi connectivity index (χ3n) is 3.35. The molecule has 17 heavy (non-hydrogen) atoms. The minimum absolute atomic E-state index is 0.483. The number of rotatable bonds is 1. The first-order valence-electron chi connectivity index (χ1n) is 5.91. The molecule has 3 nitrogen and oxygen atoms in total. The zero-order valence-corrected chi connectivity index (χ0v) is 10.5. The Hall–Kier alpha value is -1.35. The van der Waals surface area contributed by atoms with Crippen molar-refractivity contribution in [2.45, 2.75) is 13.3 Å². The van der Waals surface area contributed by atoms with Crippen LogP contribution in [0, 0.1) is 5.92 Å². The molecule has 0 spiro atoms. The maximum atomic E-state index is 6.07. The highest BCUT2D eigenvalue weighted by molar-refractivity contribution is 6.34. The molecule has 1 aliphatic heterocycles. The molecule has 0 amide bonds. The molecule has 1 aromatic heterocycles. The number of nitrogens with zero attached hydrogens (tertiary/aromatic N) is 3. The molecule has 1 aliphatic rings. The Labute approximate surface area is 105 Å². The van der Waals surface area contributed by atoms with Gasteiger partial charge < -0.3 is 4.90 Å². The van der Waals surface area contributed by atoms with Crippen LogP contribution in [-0.2, 0) is 0 Å². The molecule has 0 N–H and O–H groups in total. The van der Waals surface area contributed by atoms with Gasteiger partial charge in [-0.3, -0.25) is 0 Å². The second-order valence-electron chi connectivity index (χ2n) is 4.70. The van der Waals surface area contributed by atoms with Crippen molar-refractivity contribution in [2.75, 3.05) is 18.0 Å². The van der Waals surface area contributed by atoms with Crippen molar-refractivity contribution in [2.24, 2.45) is 5.92 Å². The van der Waals surface area contributed by atoms with E-state index >= 15 is 0 Å². The molecule has 0 aliphatic carbocycles. The van der Waals surface area contributed by atoms with Gasteiger partial charge in [-0.25, -0.2) is 0 Å². The van der Waals surface area contributed by atoms with Crippen LogP contribution < -0.4 is 4.90 Å². The Morgan fingerprint density at radius 1 is 1.24 bits per heavy atom. The predicted octanol–water partition coefficient (Wildman–Crippen LogP) is 3.13. The fourth-order valence-corrected chi connectivity index (χ4v) is 2.62. The number of hydrogen-bond acceptors (Lipinski definition) is 3. The summed E-state index contributed by atoms with van der Waals surface area (Å²) in [6.07, 6.45) is 1.22. The molecule has 88 valence electrons. The third kappa shape index (κ3) is 1.84. The van der Waals surface area contributed by atoms with Crippen LogP contribution in [0.3, 0.4) is 0 Å². The van der Waals surface area contributed by atoms with Gasteiger partial charge in [-0.1, -0.05) is 42.8 Å². The summed E-state index contributed by atoms with van der Waals surface area (Å²) in [5, 5.41) is 10.9. The second kappa shape index (κ2) is 4.15. The molecule has 2 aromatic rings. The summed E-state index contributed by atoms with van der Waals surface area (Å²) in [5.41, 5.74) is 0. The monoisotopic (exact) mass is 247 g/mol. The Kier molecular flexibility index (Phi) is 2.63. The van der Waals surface area contributed by atoms with E-state index in [1.165, 1.54) is 6.42 Å². The number of hydrogen-bond donors (Lipinski definition) is 0. The van der Waals surface area contributed by atoms with Crippen LogP contribution in [-0.4, -0.2) is 23.3 Å². The van der Waals surface area contributed by atoms with Crippen molar-refractivity contribution in [1.29, 1.82) is 0 Å². The molecule has 3 rings (SSSR count). The Bertz CT molecular complexity index is 555. The normalized spacial score (nSPS) is 20.1. The van der Waals surface area contributed by atoms with Crippen LogP contribution in [0.5, 0.6) is 0 Å². The summed E-state index contributed by atoms with van der Waals surface area (Å²) in [6.45, 7) is 4.38. The van der Waals surface area contributed by atoms with E-state index in [9.17, 15) is 0 Å². The second-order valence-corrected chi connectivity index (χ2v) is 5.06. The SMILES string of the molecule is CC1CCN(c2nnc(Cl)c3ccccc23)C1. The van der Waals surface area contributed by atoms with E-state index in [0.717, 1.165) is 35.6 Å². The van der Waals surface area contributed by atoms with Gasteiger partial charge in [0.2, 0.25) is 0 Å². The van der Waals surface area contributed by atoms with Crippen LogP contribution in [0.4, 0.5) is 5.82 Å². The first-order valence-corrected chi connectivity index (χ1v) is 6.29. The summed E-state index contributed by atoms with van der Waals surface area (Å²) < 4.78 is 0. The smallest absolute Gasteiger partial charge is 0.159 e. The standard InChI is InChI=1S/C13H14ClN3/c1-9-6-7-17(8-9)13-11-5-3-2-4-10(11)12(14)15-16-13/h2-5,9H,6-8H2,1H3. The number of aromatic nitrogens is 2. The van der Waals surface area contributed by atoms with Crippen molar-refractivity contribution in [1.82, 2.24) is 10.2 Å². The molecule has 0 saturated carbocycles. The molecule has 1 saturated heterocycles. The first kappa shape index (κ1) is 10.8. The number of fused-ring (bicyclic) bond motifs is 1. The zero-order chi connectivity index (χ0) is 11.8. The number of benzene rings is 1. The lowest BCUT2D eigenvalue weighted by molar-refractivity contribution is 0.658. The van der Waals surface area contributed by atoms with Gasteiger partial charge in [0, 0.05) is 23.9 Å². The van der Waals surface area contributed by atoms with Crippen LogP contribution in [0.15, 0.2) is 24.3 Å². The van der Waals surface area contributed by atoms with Crippen LogP contribution >= 0.6 is 11.6 Å². The van der Waals surface area contributed by atoms with Crippen molar-refractivity contribution in [3.05, 3.63) is 29.4 Å². The van der Waals surface area contributed by atoms with E-state index in [4.69, 9.17) is 11.6 Å². The molecule has 0 bridgehead atoms. The summed E-state index contributed by atoms with van der Waals surface area (Å²) >= 11 is 6.07. The lowest BCUT2D eigenvalue weighted by Gasteiger charge is -2.18. The highest BCUT2D eigenvalue weighted by atomic mass is 35.5. The van der Waals surface area contributed by atoms with E-state index in [0.29, 0.717) is 5.15 Å². The molecular weight excluding hydrogens is 234 g/mol. The van der Waals surface area contributed by atoms with E-state index in [-0.39, 0.29) is 0 Å².